The van der Waals surface area contributed by atoms with Gasteiger partial charge in [0, 0.05) is 11.5 Å². The summed E-state index contributed by atoms with van der Waals surface area (Å²) in [5.41, 5.74) is 2.18. The van der Waals surface area contributed by atoms with Crippen molar-refractivity contribution in [2.75, 3.05) is 0 Å². The van der Waals surface area contributed by atoms with Crippen LogP contribution in [0.3, 0.4) is 0 Å². The number of rotatable bonds is 5. The monoisotopic (exact) mass is 276 g/mol. The second-order valence-corrected chi connectivity index (χ2v) is 5.11. The summed E-state index contributed by atoms with van der Waals surface area (Å²) in [6.07, 6.45) is 0. The number of thioether (sulfide) groups is 1. The zero-order valence-electron chi connectivity index (χ0n) is 10.2. The van der Waals surface area contributed by atoms with Crippen molar-refractivity contribution >= 4 is 17.7 Å². The van der Waals surface area contributed by atoms with Crippen molar-refractivity contribution in [3.8, 4) is 0 Å². The maximum atomic E-state index is 13.0. The molecule has 0 saturated carbocycles. The number of carboxylic acid groups (broad SMARTS) is 1. The van der Waals surface area contributed by atoms with Crippen molar-refractivity contribution in [3.63, 3.8) is 0 Å². The van der Waals surface area contributed by atoms with Crippen molar-refractivity contribution in [2.45, 2.75) is 11.5 Å². The SMILES string of the molecule is O=C(O)c1cccc(CSCc2cccc(F)c2)c1. The van der Waals surface area contributed by atoms with E-state index in [-0.39, 0.29) is 5.82 Å². The average Bonchev–Trinajstić information content (AvgIpc) is 2.39. The highest BCUT2D eigenvalue weighted by Crippen LogP contribution is 2.19. The lowest BCUT2D eigenvalue weighted by atomic mass is 10.1. The van der Waals surface area contributed by atoms with Crippen LogP contribution in [-0.4, -0.2) is 11.1 Å². The third kappa shape index (κ3) is 4.10. The molecule has 0 unspecified atom stereocenters. The molecule has 0 aromatic heterocycles. The Hall–Kier alpha value is -1.81. The Morgan fingerprint density at radius 2 is 1.68 bits per heavy atom. The molecule has 0 radical (unpaired) electrons. The summed E-state index contributed by atoms with van der Waals surface area (Å²) < 4.78 is 13.0. The Kier molecular flexibility index (Phi) is 4.58. The summed E-state index contributed by atoms with van der Waals surface area (Å²) in [4.78, 5) is 10.8. The van der Waals surface area contributed by atoms with Gasteiger partial charge in [0.1, 0.15) is 5.82 Å². The van der Waals surface area contributed by atoms with Gasteiger partial charge >= 0.3 is 5.97 Å². The summed E-state index contributed by atoms with van der Waals surface area (Å²) in [6.45, 7) is 0. The normalized spacial score (nSPS) is 10.4. The molecular formula is C15H13FO2S. The highest BCUT2D eigenvalue weighted by molar-refractivity contribution is 7.97. The van der Waals surface area contributed by atoms with Crippen LogP contribution in [0, 0.1) is 5.82 Å². The van der Waals surface area contributed by atoms with Crippen LogP contribution >= 0.6 is 11.8 Å². The predicted octanol–water partition coefficient (Wildman–Crippen LogP) is 3.96. The molecule has 0 aliphatic rings. The molecule has 0 aliphatic carbocycles. The van der Waals surface area contributed by atoms with E-state index in [0.29, 0.717) is 17.1 Å². The largest absolute Gasteiger partial charge is 0.478 e. The molecule has 0 heterocycles. The van der Waals surface area contributed by atoms with Gasteiger partial charge < -0.3 is 5.11 Å². The van der Waals surface area contributed by atoms with Crippen molar-refractivity contribution in [1.82, 2.24) is 0 Å². The summed E-state index contributed by atoms with van der Waals surface area (Å²) in [5.74, 6) is 0.259. The van der Waals surface area contributed by atoms with E-state index in [1.807, 2.05) is 12.1 Å². The molecule has 0 saturated heterocycles. The first-order chi connectivity index (χ1) is 9.15. The van der Waals surface area contributed by atoms with Crippen molar-refractivity contribution < 1.29 is 14.3 Å². The van der Waals surface area contributed by atoms with E-state index in [9.17, 15) is 9.18 Å². The molecule has 98 valence electrons. The number of hydrogen-bond donors (Lipinski definition) is 1. The van der Waals surface area contributed by atoms with Crippen molar-refractivity contribution in [3.05, 3.63) is 71.0 Å². The Labute approximate surface area is 115 Å². The van der Waals surface area contributed by atoms with Crippen molar-refractivity contribution in [2.24, 2.45) is 0 Å². The molecule has 2 nitrogen and oxygen atoms in total. The number of halogens is 1. The van der Waals surface area contributed by atoms with Gasteiger partial charge in [-0.15, -0.1) is 0 Å². The maximum absolute atomic E-state index is 13.0. The fraction of sp³-hybridized carbons (Fsp3) is 0.133. The summed E-state index contributed by atoms with van der Waals surface area (Å²) in [6, 6.07) is 13.4. The Morgan fingerprint density at radius 1 is 1.05 bits per heavy atom. The highest BCUT2D eigenvalue weighted by Gasteiger charge is 2.03. The minimum absolute atomic E-state index is 0.231. The van der Waals surface area contributed by atoms with E-state index in [1.165, 1.54) is 12.1 Å². The van der Waals surface area contributed by atoms with E-state index in [2.05, 4.69) is 0 Å². The lowest BCUT2D eigenvalue weighted by molar-refractivity contribution is 0.0697. The number of benzene rings is 2. The van der Waals surface area contributed by atoms with Crippen LogP contribution in [0.2, 0.25) is 0 Å². The molecule has 4 heteroatoms. The Morgan fingerprint density at radius 3 is 2.32 bits per heavy atom. The van der Waals surface area contributed by atoms with Crippen LogP contribution in [-0.2, 0) is 11.5 Å². The first kappa shape index (κ1) is 13.6. The van der Waals surface area contributed by atoms with Gasteiger partial charge in [0.25, 0.3) is 0 Å². The van der Waals surface area contributed by atoms with Gasteiger partial charge in [0.15, 0.2) is 0 Å². The van der Waals surface area contributed by atoms with E-state index >= 15 is 0 Å². The molecule has 0 amide bonds. The van der Waals surface area contributed by atoms with Crippen LogP contribution in [0.4, 0.5) is 4.39 Å². The van der Waals surface area contributed by atoms with Gasteiger partial charge in [-0.3, -0.25) is 0 Å². The number of aromatic carboxylic acids is 1. The fourth-order valence-electron chi connectivity index (χ4n) is 1.71. The zero-order valence-corrected chi connectivity index (χ0v) is 11.0. The summed E-state index contributed by atoms with van der Waals surface area (Å²) >= 11 is 1.63. The third-order valence-electron chi connectivity index (χ3n) is 2.60. The Balaban J connectivity index is 1.92. The molecule has 0 aliphatic heterocycles. The minimum atomic E-state index is -0.919. The van der Waals surface area contributed by atoms with Crippen LogP contribution in [0.5, 0.6) is 0 Å². The molecule has 19 heavy (non-hydrogen) atoms. The van der Waals surface area contributed by atoms with Crippen LogP contribution < -0.4 is 0 Å². The second-order valence-electron chi connectivity index (χ2n) is 4.13. The Bertz CT molecular complexity index is 584. The molecule has 2 aromatic rings. The molecule has 0 atom stereocenters. The number of hydrogen-bond acceptors (Lipinski definition) is 2. The quantitative estimate of drug-likeness (QED) is 0.898. The van der Waals surface area contributed by atoms with Gasteiger partial charge in [0.05, 0.1) is 5.56 Å². The predicted molar refractivity (Wildman–Crippen MR) is 74.8 cm³/mol. The lowest BCUT2D eigenvalue weighted by Gasteiger charge is -2.04. The standard InChI is InChI=1S/C15H13FO2S/c16-14-6-2-4-12(8-14)10-19-9-11-3-1-5-13(7-11)15(17)18/h1-8H,9-10H2,(H,17,18). The van der Waals surface area contributed by atoms with Gasteiger partial charge in [-0.05, 0) is 35.4 Å². The highest BCUT2D eigenvalue weighted by atomic mass is 32.2. The molecule has 1 N–H and O–H groups in total. The van der Waals surface area contributed by atoms with E-state index in [1.54, 1.807) is 36.0 Å². The van der Waals surface area contributed by atoms with Gasteiger partial charge in [-0.25, -0.2) is 9.18 Å². The van der Waals surface area contributed by atoms with Crippen molar-refractivity contribution in [1.29, 1.82) is 0 Å². The molecule has 0 bridgehead atoms. The van der Waals surface area contributed by atoms with Crippen LogP contribution in [0.25, 0.3) is 0 Å². The third-order valence-corrected chi connectivity index (χ3v) is 3.68. The van der Waals surface area contributed by atoms with E-state index < -0.39 is 5.97 Å². The average molecular weight is 276 g/mol. The first-order valence-electron chi connectivity index (χ1n) is 5.79. The van der Waals surface area contributed by atoms with Crippen LogP contribution in [0.1, 0.15) is 21.5 Å². The van der Waals surface area contributed by atoms with Gasteiger partial charge in [-0.1, -0.05) is 24.3 Å². The maximum Gasteiger partial charge on any atom is 0.335 e. The molecule has 0 spiro atoms. The summed E-state index contributed by atoms with van der Waals surface area (Å²) in [5, 5.41) is 8.89. The molecule has 0 fully saturated rings. The number of carbonyl (C=O) groups is 1. The van der Waals surface area contributed by atoms with Gasteiger partial charge in [0.2, 0.25) is 0 Å². The lowest BCUT2D eigenvalue weighted by Crippen LogP contribution is -1.96. The molecular weight excluding hydrogens is 263 g/mol. The number of carboxylic acids is 1. The topological polar surface area (TPSA) is 37.3 Å². The second kappa shape index (κ2) is 6.38. The zero-order chi connectivity index (χ0) is 13.7. The smallest absolute Gasteiger partial charge is 0.335 e. The molecule has 2 aromatic carbocycles. The van der Waals surface area contributed by atoms with E-state index in [0.717, 1.165) is 11.1 Å². The first-order valence-corrected chi connectivity index (χ1v) is 6.95. The van der Waals surface area contributed by atoms with E-state index in [4.69, 9.17) is 5.11 Å². The molecule has 2 rings (SSSR count). The fourth-order valence-corrected chi connectivity index (χ4v) is 2.64. The minimum Gasteiger partial charge on any atom is -0.478 e. The van der Waals surface area contributed by atoms with Crippen LogP contribution in [0.15, 0.2) is 48.5 Å². The van der Waals surface area contributed by atoms with Gasteiger partial charge in [-0.2, -0.15) is 11.8 Å². The summed E-state index contributed by atoms with van der Waals surface area (Å²) in [7, 11) is 0.